The average molecular weight is 198 g/mol. The molecule has 0 spiro atoms. The molecule has 0 saturated carbocycles. The van der Waals surface area contributed by atoms with Gasteiger partial charge in [-0.05, 0) is 25.3 Å². The van der Waals surface area contributed by atoms with E-state index < -0.39 is 8.07 Å². The predicted octanol–water partition coefficient (Wildman–Crippen LogP) is 3.04. The maximum atomic E-state index is 9.12. The van der Waals surface area contributed by atoms with Gasteiger partial charge in [0.2, 0.25) is 0 Å². The van der Waals surface area contributed by atoms with Gasteiger partial charge >= 0.3 is 0 Å². The smallest absolute Gasteiger partial charge is 0.0513 e. The second kappa shape index (κ2) is 3.97. The number of aliphatic hydroxyl groups excluding tert-OH is 1. The van der Waals surface area contributed by atoms with Gasteiger partial charge in [0.15, 0.2) is 0 Å². The Hall–Kier alpha value is -0.0831. The zero-order chi connectivity index (χ0) is 10.1. The lowest BCUT2D eigenvalue weighted by molar-refractivity contribution is 0.233. The number of rotatable bonds is 2. The van der Waals surface area contributed by atoms with Gasteiger partial charge in [0.25, 0.3) is 0 Å². The van der Waals surface area contributed by atoms with E-state index in [0.717, 1.165) is 5.54 Å². The highest BCUT2D eigenvalue weighted by Crippen LogP contribution is 2.37. The molecule has 1 rings (SSSR count). The van der Waals surface area contributed by atoms with E-state index in [1.807, 2.05) is 0 Å². The van der Waals surface area contributed by atoms with Gasteiger partial charge in [-0.15, -0.1) is 0 Å². The first-order chi connectivity index (χ1) is 5.95. The van der Waals surface area contributed by atoms with E-state index in [-0.39, 0.29) is 0 Å². The fourth-order valence-electron chi connectivity index (χ4n) is 2.06. The average Bonchev–Trinajstić information content (AvgIpc) is 2.02. The Morgan fingerprint density at radius 2 is 2.00 bits per heavy atom. The number of hydrogen-bond acceptors (Lipinski definition) is 1. The topological polar surface area (TPSA) is 20.2 Å². The summed E-state index contributed by atoms with van der Waals surface area (Å²) in [5.41, 5.74) is 2.25. The molecule has 0 aromatic heterocycles. The van der Waals surface area contributed by atoms with Crippen LogP contribution in [0, 0.1) is 5.92 Å². The molecule has 2 heteroatoms. The molecule has 0 unspecified atom stereocenters. The SMILES string of the molecule is CC1=C[C@H]([Si](C)(C)C)CC[C@H]1CO. The Kier molecular flexibility index (Phi) is 3.36. The summed E-state index contributed by atoms with van der Waals surface area (Å²) in [6.45, 7) is 9.80. The summed E-state index contributed by atoms with van der Waals surface area (Å²) >= 11 is 0. The van der Waals surface area contributed by atoms with Crippen molar-refractivity contribution < 1.29 is 5.11 Å². The van der Waals surface area contributed by atoms with Crippen molar-refractivity contribution >= 4 is 8.07 Å². The third kappa shape index (κ3) is 2.68. The molecule has 2 atom stereocenters. The first-order valence-electron chi connectivity index (χ1n) is 5.24. The third-order valence-electron chi connectivity index (χ3n) is 3.27. The summed E-state index contributed by atoms with van der Waals surface area (Å²) in [5, 5.41) is 9.12. The number of aliphatic hydroxyl groups is 1. The molecule has 0 aromatic rings. The molecule has 1 aliphatic rings. The number of allylic oxidation sites excluding steroid dienone is 1. The molecule has 0 fully saturated rings. The van der Waals surface area contributed by atoms with Crippen LogP contribution in [0.5, 0.6) is 0 Å². The molecule has 0 aliphatic heterocycles. The highest BCUT2D eigenvalue weighted by atomic mass is 28.3. The van der Waals surface area contributed by atoms with Crippen LogP contribution in [0.4, 0.5) is 0 Å². The van der Waals surface area contributed by atoms with E-state index in [4.69, 9.17) is 5.11 Å². The zero-order valence-corrected chi connectivity index (χ0v) is 10.3. The maximum absolute atomic E-state index is 9.12. The maximum Gasteiger partial charge on any atom is 0.0513 e. The van der Waals surface area contributed by atoms with Crippen LogP contribution in [0.2, 0.25) is 25.2 Å². The minimum Gasteiger partial charge on any atom is -0.396 e. The van der Waals surface area contributed by atoms with Crippen LogP contribution in [0.25, 0.3) is 0 Å². The second-order valence-electron chi connectivity index (χ2n) is 5.34. The molecule has 76 valence electrons. The normalized spacial score (nSPS) is 30.1. The fraction of sp³-hybridized carbons (Fsp3) is 0.818. The van der Waals surface area contributed by atoms with Crippen molar-refractivity contribution in [3.8, 4) is 0 Å². The van der Waals surface area contributed by atoms with Crippen molar-refractivity contribution in [2.75, 3.05) is 6.61 Å². The quantitative estimate of drug-likeness (QED) is 0.534. The molecule has 0 aromatic carbocycles. The third-order valence-corrected chi connectivity index (χ3v) is 5.95. The van der Waals surface area contributed by atoms with Gasteiger partial charge in [0, 0.05) is 12.5 Å². The Morgan fingerprint density at radius 1 is 1.38 bits per heavy atom. The van der Waals surface area contributed by atoms with Gasteiger partial charge < -0.3 is 5.11 Å². The van der Waals surface area contributed by atoms with Crippen LogP contribution in [0.3, 0.4) is 0 Å². The highest BCUT2D eigenvalue weighted by Gasteiger charge is 2.29. The minimum absolute atomic E-state index is 0.334. The van der Waals surface area contributed by atoms with Crippen LogP contribution >= 0.6 is 0 Å². The lowest BCUT2D eigenvalue weighted by Gasteiger charge is -2.33. The van der Waals surface area contributed by atoms with Crippen molar-refractivity contribution in [1.82, 2.24) is 0 Å². The van der Waals surface area contributed by atoms with Gasteiger partial charge in [-0.2, -0.15) is 0 Å². The van der Waals surface area contributed by atoms with Crippen molar-refractivity contribution in [3.05, 3.63) is 11.6 Å². The first-order valence-corrected chi connectivity index (χ1v) is 8.82. The standard InChI is InChI=1S/C11H22OSi/c1-9-7-11(13(2,3)4)6-5-10(9)8-12/h7,10-12H,5-6,8H2,1-4H3/t10-,11+/m0/s1. The first kappa shape index (κ1) is 11.0. The van der Waals surface area contributed by atoms with Crippen LogP contribution < -0.4 is 0 Å². The zero-order valence-electron chi connectivity index (χ0n) is 9.30. The van der Waals surface area contributed by atoms with Gasteiger partial charge in [-0.1, -0.05) is 31.3 Å². The summed E-state index contributed by atoms with van der Waals surface area (Å²) in [7, 11) is -0.999. The molecular weight excluding hydrogens is 176 g/mol. The lowest BCUT2D eigenvalue weighted by atomic mass is 9.89. The van der Waals surface area contributed by atoms with Crippen LogP contribution in [0.1, 0.15) is 19.8 Å². The molecule has 0 heterocycles. The minimum atomic E-state index is -0.999. The van der Waals surface area contributed by atoms with Gasteiger partial charge in [-0.25, -0.2) is 0 Å². The monoisotopic (exact) mass is 198 g/mol. The Morgan fingerprint density at radius 3 is 2.38 bits per heavy atom. The molecule has 1 N–H and O–H groups in total. The van der Waals surface area contributed by atoms with E-state index in [1.165, 1.54) is 18.4 Å². The largest absolute Gasteiger partial charge is 0.396 e. The van der Waals surface area contributed by atoms with Crippen LogP contribution in [-0.2, 0) is 0 Å². The van der Waals surface area contributed by atoms with E-state index in [0.29, 0.717) is 12.5 Å². The fourth-order valence-corrected chi connectivity index (χ4v) is 3.86. The van der Waals surface area contributed by atoms with Gasteiger partial charge in [-0.3, -0.25) is 0 Å². The predicted molar refractivity (Wildman–Crippen MR) is 60.7 cm³/mol. The molecule has 0 bridgehead atoms. The van der Waals surface area contributed by atoms with Crippen molar-refractivity contribution in [3.63, 3.8) is 0 Å². The molecule has 0 saturated heterocycles. The van der Waals surface area contributed by atoms with Crippen molar-refractivity contribution in [1.29, 1.82) is 0 Å². The van der Waals surface area contributed by atoms with Crippen LogP contribution in [0.15, 0.2) is 11.6 Å². The van der Waals surface area contributed by atoms with Crippen molar-refractivity contribution in [2.45, 2.75) is 44.9 Å². The Bertz CT molecular complexity index is 203. The van der Waals surface area contributed by atoms with Gasteiger partial charge in [0.05, 0.1) is 8.07 Å². The van der Waals surface area contributed by atoms with Crippen molar-refractivity contribution in [2.24, 2.45) is 5.92 Å². The second-order valence-corrected chi connectivity index (χ2v) is 10.8. The van der Waals surface area contributed by atoms with E-state index in [1.54, 1.807) is 0 Å². The summed E-state index contributed by atoms with van der Waals surface area (Å²) in [6.07, 6.45) is 4.91. The molecular formula is C11H22OSi. The van der Waals surface area contributed by atoms with E-state index in [9.17, 15) is 0 Å². The Balaban J connectivity index is 2.71. The Labute approximate surface area is 82.9 Å². The molecule has 0 amide bonds. The molecule has 1 aliphatic carbocycles. The van der Waals surface area contributed by atoms with Gasteiger partial charge in [0.1, 0.15) is 0 Å². The molecule has 13 heavy (non-hydrogen) atoms. The summed E-state index contributed by atoms with van der Waals surface area (Å²) in [4.78, 5) is 0. The lowest BCUT2D eigenvalue weighted by Crippen LogP contribution is -2.30. The summed E-state index contributed by atoms with van der Waals surface area (Å²) < 4.78 is 0. The summed E-state index contributed by atoms with van der Waals surface area (Å²) in [5.74, 6) is 0.451. The summed E-state index contributed by atoms with van der Waals surface area (Å²) in [6, 6.07) is 0. The number of hydrogen-bond donors (Lipinski definition) is 1. The molecule has 1 nitrogen and oxygen atoms in total. The van der Waals surface area contributed by atoms with E-state index in [2.05, 4.69) is 32.6 Å². The van der Waals surface area contributed by atoms with Crippen LogP contribution in [-0.4, -0.2) is 19.8 Å². The molecule has 0 radical (unpaired) electrons. The van der Waals surface area contributed by atoms with E-state index >= 15 is 0 Å². The highest BCUT2D eigenvalue weighted by molar-refractivity contribution is 6.78.